The van der Waals surface area contributed by atoms with Crippen molar-refractivity contribution < 1.29 is 9.53 Å². The highest BCUT2D eigenvalue weighted by Crippen LogP contribution is 2.55. The highest BCUT2D eigenvalue weighted by molar-refractivity contribution is 5.92. The summed E-state index contributed by atoms with van der Waals surface area (Å²) in [5, 5.41) is 0. The van der Waals surface area contributed by atoms with E-state index < -0.39 is 0 Å². The summed E-state index contributed by atoms with van der Waals surface area (Å²) < 4.78 is 5.79. The van der Waals surface area contributed by atoms with Crippen molar-refractivity contribution in [1.82, 2.24) is 0 Å². The van der Waals surface area contributed by atoms with Gasteiger partial charge in [-0.1, -0.05) is 46.0 Å². The lowest BCUT2D eigenvalue weighted by atomic mass is 9.57. The number of rotatable bonds is 1. The van der Waals surface area contributed by atoms with Gasteiger partial charge in [0, 0.05) is 6.08 Å². The highest BCUT2D eigenvalue weighted by Gasteiger charge is 2.47. The monoisotopic (exact) mass is 304 g/mol. The normalized spacial score (nSPS) is 39.1. The standard InChI is InChI=1S/C20H32O2/c1-19(11-6-4-3-5-7-12-19)20(2)13-8-16-17(21)10-15-22-18(16)9-14-20/h10,15-16,18H,3-9,11-14H2,1-2H3. The number of ether oxygens (including phenoxy) is 1. The first-order chi connectivity index (χ1) is 10.5. The van der Waals surface area contributed by atoms with E-state index in [1.165, 1.54) is 57.8 Å². The molecular weight excluding hydrogens is 272 g/mol. The van der Waals surface area contributed by atoms with Crippen LogP contribution in [0.3, 0.4) is 0 Å². The van der Waals surface area contributed by atoms with Gasteiger partial charge in [0.25, 0.3) is 0 Å². The van der Waals surface area contributed by atoms with Gasteiger partial charge in [0.1, 0.15) is 6.10 Å². The quantitative estimate of drug-likeness (QED) is 0.647. The first-order valence-electron chi connectivity index (χ1n) is 9.40. The molecule has 1 aliphatic heterocycles. The zero-order valence-electron chi connectivity index (χ0n) is 14.4. The minimum Gasteiger partial charge on any atom is -0.497 e. The third kappa shape index (κ3) is 2.98. The van der Waals surface area contributed by atoms with Crippen molar-refractivity contribution in [3.8, 4) is 0 Å². The predicted octanol–water partition coefficient (Wildman–Crippen LogP) is 5.42. The van der Waals surface area contributed by atoms with Crippen LogP contribution in [0.25, 0.3) is 0 Å². The molecule has 3 rings (SSSR count). The number of carbonyl (C=O) groups excluding carboxylic acids is 1. The molecule has 2 nitrogen and oxygen atoms in total. The molecule has 2 heteroatoms. The zero-order valence-corrected chi connectivity index (χ0v) is 14.4. The van der Waals surface area contributed by atoms with Crippen LogP contribution in [0.2, 0.25) is 0 Å². The molecule has 1 heterocycles. The molecule has 0 N–H and O–H groups in total. The molecule has 0 radical (unpaired) electrons. The van der Waals surface area contributed by atoms with Gasteiger partial charge in [-0.15, -0.1) is 0 Å². The lowest BCUT2D eigenvalue weighted by Crippen LogP contribution is -2.38. The molecule has 3 aliphatic rings. The van der Waals surface area contributed by atoms with E-state index in [0.29, 0.717) is 16.6 Å². The molecule has 0 amide bonds. The molecule has 2 saturated carbocycles. The molecule has 3 unspecified atom stereocenters. The fourth-order valence-electron chi connectivity index (χ4n) is 5.16. The Labute approximate surface area is 135 Å². The Hall–Kier alpha value is -0.790. The fourth-order valence-corrected chi connectivity index (χ4v) is 5.16. The summed E-state index contributed by atoms with van der Waals surface area (Å²) in [6.45, 7) is 5.04. The van der Waals surface area contributed by atoms with Crippen LogP contribution in [0.15, 0.2) is 12.3 Å². The largest absolute Gasteiger partial charge is 0.497 e. The summed E-state index contributed by atoms with van der Waals surface area (Å²) in [5.41, 5.74) is 0.808. The SMILES string of the molecule is CC1(C2(C)CCC3OC=CC(=O)C3CC2)CCCCCCC1. The van der Waals surface area contributed by atoms with Gasteiger partial charge in [-0.25, -0.2) is 0 Å². The van der Waals surface area contributed by atoms with Crippen LogP contribution >= 0.6 is 0 Å². The van der Waals surface area contributed by atoms with Crippen molar-refractivity contribution in [3.63, 3.8) is 0 Å². The maximum atomic E-state index is 12.2. The molecule has 3 atom stereocenters. The van der Waals surface area contributed by atoms with Gasteiger partial charge in [-0.2, -0.15) is 0 Å². The summed E-state index contributed by atoms with van der Waals surface area (Å²) in [6, 6.07) is 0. The van der Waals surface area contributed by atoms with Crippen molar-refractivity contribution in [1.29, 1.82) is 0 Å². The van der Waals surface area contributed by atoms with E-state index in [0.717, 1.165) is 12.8 Å². The number of allylic oxidation sites excluding steroid dienone is 1. The smallest absolute Gasteiger partial charge is 0.165 e. The lowest BCUT2D eigenvalue weighted by molar-refractivity contribution is -0.124. The molecule has 0 aromatic carbocycles. The van der Waals surface area contributed by atoms with Crippen molar-refractivity contribution in [3.05, 3.63) is 12.3 Å². The summed E-state index contributed by atoms with van der Waals surface area (Å²) in [5.74, 6) is 0.410. The second-order valence-electron chi connectivity index (χ2n) is 8.45. The fraction of sp³-hybridized carbons (Fsp3) is 0.850. The van der Waals surface area contributed by atoms with E-state index in [1.54, 1.807) is 12.3 Å². The Bertz CT molecular complexity index is 431. The minimum absolute atomic E-state index is 0.115. The molecule has 22 heavy (non-hydrogen) atoms. The van der Waals surface area contributed by atoms with Crippen molar-refractivity contribution in [2.45, 2.75) is 90.6 Å². The Morgan fingerprint density at radius 3 is 2.23 bits per heavy atom. The van der Waals surface area contributed by atoms with Gasteiger partial charge in [-0.3, -0.25) is 4.79 Å². The minimum atomic E-state index is 0.115. The molecule has 0 bridgehead atoms. The molecule has 124 valence electrons. The predicted molar refractivity (Wildman–Crippen MR) is 89.5 cm³/mol. The van der Waals surface area contributed by atoms with Gasteiger partial charge < -0.3 is 4.74 Å². The number of hydrogen-bond acceptors (Lipinski definition) is 2. The van der Waals surface area contributed by atoms with E-state index >= 15 is 0 Å². The lowest BCUT2D eigenvalue weighted by Gasteiger charge is -2.48. The summed E-state index contributed by atoms with van der Waals surface area (Å²) in [6.07, 6.45) is 17.6. The Kier molecular flexibility index (Phi) is 4.66. The molecular formula is C20H32O2. The first-order valence-corrected chi connectivity index (χ1v) is 9.40. The van der Waals surface area contributed by atoms with Crippen LogP contribution in [0.4, 0.5) is 0 Å². The molecule has 0 aromatic heterocycles. The topological polar surface area (TPSA) is 26.3 Å². The van der Waals surface area contributed by atoms with E-state index in [9.17, 15) is 4.79 Å². The summed E-state index contributed by atoms with van der Waals surface area (Å²) in [7, 11) is 0. The van der Waals surface area contributed by atoms with Crippen LogP contribution in [-0.2, 0) is 9.53 Å². The summed E-state index contributed by atoms with van der Waals surface area (Å²) in [4.78, 5) is 12.2. The maximum Gasteiger partial charge on any atom is 0.165 e. The van der Waals surface area contributed by atoms with Gasteiger partial charge >= 0.3 is 0 Å². The van der Waals surface area contributed by atoms with Crippen LogP contribution in [0, 0.1) is 16.7 Å². The number of ketones is 1. The van der Waals surface area contributed by atoms with Crippen LogP contribution < -0.4 is 0 Å². The van der Waals surface area contributed by atoms with Crippen molar-refractivity contribution in [2.24, 2.45) is 16.7 Å². The third-order valence-corrected chi connectivity index (χ3v) is 7.20. The molecule has 2 fully saturated rings. The van der Waals surface area contributed by atoms with Crippen LogP contribution in [0.1, 0.15) is 84.5 Å². The van der Waals surface area contributed by atoms with Gasteiger partial charge in [0.2, 0.25) is 0 Å². The maximum absolute atomic E-state index is 12.2. The second-order valence-corrected chi connectivity index (χ2v) is 8.45. The first kappa shape index (κ1) is 16.1. The van der Waals surface area contributed by atoms with Gasteiger partial charge in [0.05, 0.1) is 12.2 Å². The second kappa shape index (κ2) is 6.37. The Morgan fingerprint density at radius 1 is 0.909 bits per heavy atom. The Morgan fingerprint density at radius 2 is 1.50 bits per heavy atom. The third-order valence-electron chi connectivity index (χ3n) is 7.20. The van der Waals surface area contributed by atoms with Gasteiger partial charge in [-0.05, 0) is 49.4 Å². The summed E-state index contributed by atoms with van der Waals surface area (Å²) >= 11 is 0. The number of carbonyl (C=O) groups is 1. The zero-order chi connectivity index (χ0) is 15.6. The average Bonchev–Trinajstić information content (AvgIpc) is 2.65. The highest BCUT2D eigenvalue weighted by atomic mass is 16.5. The number of fused-ring (bicyclic) bond motifs is 1. The van der Waals surface area contributed by atoms with E-state index in [2.05, 4.69) is 13.8 Å². The molecule has 2 aliphatic carbocycles. The number of hydrogen-bond donors (Lipinski definition) is 0. The van der Waals surface area contributed by atoms with E-state index in [1.807, 2.05) is 0 Å². The molecule has 0 spiro atoms. The molecule has 0 saturated heterocycles. The average molecular weight is 304 g/mol. The van der Waals surface area contributed by atoms with Crippen molar-refractivity contribution >= 4 is 5.78 Å². The van der Waals surface area contributed by atoms with Crippen LogP contribution in [0.5, 0.6) is 0 Å². The molecule has 0 aromatic rings. The van der Waals surface area contributed by atoms with E-state index in [4.69, 9.17) is 4.74 Å². The van der Waals surface area contributed by atoms with Crippen molar-refractivity contribution in [2.75, 3.05) is 0 Å². The van der Waals surface area contributed by atoms with Crippen LogP contribution in [-0.4, -0.2) is 11.9 Å². The van der Waals surface area contributed by atoms with E-state index in [-0.39, 0.29) is 12.0 Å². The Balaban J connectivity index is 1.76. The van der Waals surface area contributed by atoms with Gasteiger partial charge in [0.15, 0.2) is 5.78 Å².